The molecule has 1 aliphatic heterocycles. The number of amides is 1. The van der Waals surface area contributed by atoms with E-state index in [1.165, 1.54) is 12.7 Å². The molecule has 0 aliphatic carbocycles. The first-order valence-corrected chi connectivity index (χ1v) is 13.7. The number of fused-ring (bicyclic) bond motifs is 1. The fourth-order valence-corrected chi connectivity index (χ4v) is 5.96. The number of nitrogens with one attached hydrogen (secondary N) is 3. The summed E-state index contributed by atoms with van der Waals surface area (Å²) in [4.78, 5) is 31.4. The highest BCUT2D eigenvalue weighted by Gasteiger charge is 2.29. The van der Waals surface area contributed by atoms with E-state index >= 15 is 0 Å². The Labute approximate surface area is 230 Å². The number of aryl methyl sites for hydroxylation is 1. The molecular weight excluding hydrogens is 492 g/mol. The minimum atomic E-state index is -0.258. The van der Waals surface area contributed by atoms with Gasteiger partial charge in [-0.2, -0.15) is 0 Å². The lowest BCUT2D eigenvalue weighted by Gasteiger charge is -2.36. The van der Waals surface area contributed by atoms with Gasteiger partial charge in [-0.05, 0) is 76.5 Å². The van der Waals surface area contributed by atoms with E-state index in [9.17, 15) is 9.59 Å². The predicted molar refractivity (Wildman–Crippen MR) is 156 cm³/mol. The largest absolute Gasteiger partial charge is 0.496 e. The van der Waals surface area contributed by atoms with Crippen molar-refractivity contribution in [2.75, 3.05) is 40.3 Å². The van der Waals surface area contributed by atoms with Crippen LogP contribution >= 0.6 is 0 Å². The van der Waals surface area contributed by atoms with Crippen molar-refractivity contribution in [3.63, 3.8) is 0 Å². The van der Waals surface area contributed by atoms with Crippen LogP contribution in [-0.4, -0.2) is 60.7 Å². The lowest BCUT2D eigenvalue weighted by atomic mass is 9.89. The number of H-pyrrole nitrogens is 1. The van der Waals surface area contributed by atoms with E-state index in [2.05, 4.69) is 38.1 Å². The summed E-state index contributed by atoms with van der Waals surface area (Å²) < 4.78 is 7.73. The molecule has 9 nitrogen and oxygen atoms in total. The second-order valence-corrected chi connectivity index (χ2v) is 10.5. The number of hydrogen-bond donors (Lipinski definition) is 4. The zero-order valence-corrected chi connectivity index (χ0v) is 23.8. The van der Waals surface area contributed by atoms with Crippen molar-refractivity contribution in [2.45, 2.75) is 46.2 Å². The smallest absolute Gasteiger partial charge is 0.256 e. The minimum absolute atomic E-state index is 0.0807. The molecule has 1 fully saturated rings. The summed E-state index contributed by atoms with van der Waals surface area (Å²) in [5.41, 5.74) is 10.6. The molecule has 1 aromatic carbocycles. The number of nitrogens with zero attached hydrogens (tertiary/aromatic N) is 2. The summed E-state index contributed by atoms with van der Waals surface area (Å²) in [6.07, 6.45) is 4.17. The van der Waals surface area contributed by atoms with Crippen LogP contribution < -0.4 is 26.7 Å². The number of nitrogens with two attached hydrogens (primary N) is 1. The molecule has 0 radical (unpaired) electrons. The SMILES string of the molecule is CN/C=C(\CN)CN1CCC([C@@H](C)n2c(C)c(C(=O)NCc3c(OC)cc(C)[nH]c3=O)c3ccccc32)CC1. The number of methoxy groups -OCH3 is 1. The van der Waals surface area contributed by atoms with Crippen LogP contribution in [0.15, 0.2) is 46.9 Å². The Kier molecular flexibility index (Phi) is 9.14. The van der Waals surface area contributed by atoms with Crippen molar-refractivity contribution < 1.29 is 9.53 Å². The molecule has 1 atom stereocenters. The molecule has 3 aromatic rings. The fraction of sp³-hybridized carbons (Fsp3) is 0.467. The van der Waals surface area contributed by atoms with Crippen LogP contribution in [0.4, 0.5) is 0 Å². The summed E-state index contributed by atoms with van der Waals surface area (Å²) >= 11 is 0. The highest BCUT2D eigenvalue weighted by Crippen LogP contribution is 2.35. The van der Waals surface area contributed by atoms with Crippen LogP contribution in [0.3, 0.4) is 0 Å². The fourth-order valence-electron chi connectivity index (χ4n) is 5.96. The van der Waals surface area contributed by atoms with Gasteiger partial charge in [-0.1, -0.05) is 18.2 Å². The molecule has 0 bridgehead atoms. The molecule has 5 N–H and O–H groups in total. The van der Waals surface area contributed by atoms with E-state index in [1.54, 1.807) is 13.0 Å². The van der Waals surface area contributed by atoms with Crippen molar-refractivity contribution in [3.05, 3.63) is 75.0 Å². The molecule has 9 heteroatoms. The molecule has 0 unspecified atom stereocenters. The monoisotopic (exact) mass is 534 g/mol. The molecule has 210 valence electrons. The summed E-state index contributed by atoms with van der Waals surface area (Å²) in [6, 6.07) is 10.1. The van der Waals surface area contributed by atoms with Crippen LogP contribution in [0.25, 0.3) is 10.9 Å². The number of benzene rings is 1. The molecular formula is C30H42N6O3. The van der Waals surface area contributed by atoms with E-state index in [4.69, 9.17) is 10.5 Å². The van der Waals surface area contributed by atoms with Gasteiger partial charge in [0.15, 0.2) is 0 Å². The summed E-state index contributed by atoms with van der Waals surface area (Å²) in [7, 11) is 3.43. The number of para-hydroxylation sites is 1. The molecule has 0 saturated carbocycles. The topological polar surface area (TPSA) is 117 Å². The number of aromatic amines is 1. The Morgan fingerprint density at radius 2 is 1.97 bits per heavy atom. The quantitative estimate of drug-likeness (QED) is 0.317. The lowest BCUT2D eigenvalue weighted by Crippen LogP contribution is -2.38. The Morgan fingerprint density at radius 3 is 2.64 bits per heavy atom. The van der Waals surface area contributed by atoms with Gasteiger partial charge in [0, 0.05) is 48.5 Å². The number of likely N-dealkylation sites (tertiary alicyclic amines) is 1. The van der Waals surface area contributed by atoms with Crippen LogP contribution in [0, 0.1) is 19.8 Å². The van der Waals surface area contributed by atoms with Crippen LogP contribution in [0.5, 0.6) is 5.75 Å². The Balaban J connectivity index is 1.54. The van der Waals surface area contributed by atoms with Gasteiger partial charge in [-0.15, -0.1) is 0 Å². The molecule has 4 rings (SSSR count). The normalized spacial score (nSPS) is 15.9. The number of carbonyl (C=O) groups is 1. The van der Waals surface area contributed by atoms with Crippen molar-refractivity contribution in [1.82, 2.24) is 25.1 Å². The van der Waals surface area contributed by atoms with Crippen LogP contribution in [0.2, 0.25) is 0 Å². The third-order valence-electron chi connectivity index (χ3n) is 8.02. The maximum atomic E-state index is 13.6. The average Bonchev–Trinajstić information content (AvgIpc) is 3.23. The molecule has 3 heterocycles. The van der Waals surface area contributed by atoms with E-state index in [0.717, 1.165) is 49.1 Å². The van der Waals surface area contributed by atoms with Gasteiger partial charge in [0.2, 0.25) is 0 Å². The average molecular weight is 535 g/mol. The van der Waals surface area contributed by atoms with Gasteiger partial charge in [0.25, 0.3) is 11.5 Å². The maximum Gasteiger partial charge on any atom is 0.256 e. The molecule has 1 amide bonds. The molecule has 39 heavy (non-hydrogen) atoms. The van der Waals surface area contributed by atoms with Gasteiger partial charge in [-0.3, -0.25) is 14.5 Å². The maximum absolute atomic E-state index is 13.6. The molecule has 1 saturated heterocycles. The standard InChI is InChI=1S/C30H42N6O3/c1-19-14-27(39-5)25(29(37)34-19)17-33-30(38)28-21(3)36(26-9-7-6-8-24(26)28)20(2)23-10-12-35(13-11-23)18-22(15-31)16-32-4/h6-9,14,16,20,23,32H,10-13,15,17-18,31H2,1-5H3,(H,33,38)(H,34,37)/b22-16+/t20-/m1/s1. The molecule has 1 aliphatic rings. The third-order valence-corrected chi connectivity index (χ3v) is 8.02. The van der Waals surface area contributed by atoms with Gasteiger partial charge in [-0.25, -0.2) is 0 Å². The third kappa shape index (κ3) is 6.04. The summed E-state index contributed by atoms with van der Waals surface area (Å²) in [5.74, 6) is 0.768. The number of hydrogen-bond acceptors (Lipinski definition) is 6. The Bertz CT molecular complexity index is 1400. The first kappa shape index (κ1) is 28.4. The minimum Gasteiger partial charge on any atom is -0.496 e. The van der Waals surface area contributed by atoms with Crippen molar-refractivity contribution >= 4 is 16.8 Å². The van der Waals surface area contributed by atoms with Crippen LogP contribution in [0.1, 0.15) is 53.1 Å². The Hall–Kier alpha value is -3.56. The van der Waals surface area contributed by atoms with E-state index < -0.39 is 0 Å². The number of piperidine rings is 1. The number of ether oxygens (including phenoxy) is 1. The van der Waals surface area contributed by atoms with Gasteiger partial charge < -0.3 is 30.7 Å². The number of aromatic nitrogens is 2. The molecule has 2 aromatic heterocycles. The predicted octanol–water partition coefficient (Wildman–Crippen LogP) is 3.22. The second kappa shape index (κ2) is 12.5. The zero-order valence-electron chi connectivity index (χ0n) is 23.8. The zero-order chi connectivity index (χ0) is 28.1. The number of carbonyl (C=O) groups excluding carboxylic acids is 1. The summed E-state index contributed by atoms with van der Waals surface area (Å²) in [6.45, 7) is 9.67. The lowest BCUT2D eigenvalue weighted by molar-refractivity contribution is 0.0951. The van der Waals surface area contributed by atoms with Crippen molar-refractivity contribution in [2.24, 2.45) is 11.7 Å². The van der Waals surface area contributed by atoms with Crippen LogP contribution in [-0.2, 0) is 6.54 Å². The highest BCUT2D eigenvalue weighted by atomic mass is 16.5. The highest BCUT2D eigenvalue weighted by molar-refractivity contribution is 6.08. The number of pyridine rings is 1. The van der Waals surface area contributed by atoms with Gasteiger partial charge in [0.05, 0.1) is 24.8 Å². The second-order valence-electron chi connectivity index (χ2n) is 10.5. The summed E-state index contributed by atoms with van der Waals surface area (Å²) in [5, 5.41) is 6.99. The van der Waals surface area contributed by atoms with E-state index in [0.29, 0.717) is 35.0 Å². The number of rotatable bonds is 10. The van der Waals surface area contributed by atoms with Crippen molar-refractivity contribution in [3.8, 4) is 5.75 Å². The first-order valence-electron chi connectivity index (χ1n) is 13.7. The van der Waals surface area contributed by atoms with Gasteiger partial charge in [0.1, 0.15) is 5.75 Å². The molecule has 0 spiro atoms. The van der Waals surface area contributed by atoms with E-state index in [-0.39, 0.29) is 24.1 Å². The first-order chi connectivity index (χ1) is 18.8. The van der Waals surface area contributed by atoms with E-state index in [1.807, 2.05) is 38.4 Å². The van der Waals surface area contributed by atoms with Gasteiger partial charge >= 0.3 is 0 Å². The Morgan fingerprint density at radius 1 is 1.26 bits per heavy atom. The van der Waals surface area contributed by atoms with Crippen molar-refractivity contribution in [1.29, 1.82) is 0 Å².